The maximum absolute atomic E-state index is 12.7. The normalized spacial score (nSPS) is 29.6. The summed E-state index contributed by atoms with van der Waals surface area (Å²) in [5.41, 5.74) is 6.09. The van der Waals surface area contributed by atoms with E-state index in [9.17, 15) is 4.79 Å². The molecule has 3 unspecified atom stereocenters. The van der Waals surface area contributed by atoms with E-state index in [1.54, 1.807) is 12.2 Å². The molecule has 1 aliphatic carbocycles. The Bertz CT molecular complexity index is 339. The molecule has 0 aromatic carbocycles. The number of hydrogen-bond donors (Lipinski definition) is 1. The van der Waals surface area contributed by atoms with E-state index in [2.05, 4.69) is 33.9 Å². The van der Waals surface area contributed by atoms with Crippen LogP contribution in [0.5, 0.6) is 0 Å². The van der Waals surface area contributed by atoms with Crippen molar-refractivity contribution in [1.29, 1.82) is 0 Å². The molecule has 1 aliphatic rings. The van der Waals surface area contributed by atoms with Crippen molar-refractivity contribution in [1.82, 2.24) is 4.90 Å². The van der Waals surface area contributed by atoms with Crippen molar-refractivity contribution in [3.05, 3.63) is 25.3 Å². The summed E-state index contributed by atoms with van der Waals surface area (Å²) in [5, 5.41) is 0. The minimum Gasteiger partial charge on any atom is -0.335 e. The third-order valence-corrected chi connectivity index (χ3v) is 4.81. The van der Waals surface area contributed by atoms with E-state index in [1.165, 1.54) is 0 Å². The molecule has 19 heavy (non-hydrogen) atoms. The van der Waals surface area contributed by atoms with Gasteiger partial charge in [0.1, 0.15) is 0 Å². The third-order valence-electron chi connectivity index (χ3n) is 4.81. The van der Waals surface area contributed by atoms with Crippen LogP contribution in [0, 0.1) is 17.3 Å². The number of carbonyl (C=O) groups is 1. The zero-order valence-electron chi connectivity index (χ0n) is 12.6. The Kier molecular flexibility index (Phi) is 5.36. The fraction of sp³-hybridized carbons (Fsp3) is 0.688. The molecule has 0 bridgehead atoms. The van der Waals surface area contributed by atoms with Gasteiger partial charge in [0.05, 0.1) is 0 Å². The lowest BCUT2D eigenvalue weighted by Gasteiger charge is -2.47. The molecule has 1 rings (SSSR count). The highest BCUT2D eigenvalue weighted by molar-refractivity contribution is 5.80. The van der Waals surface area contributed by atoms with Gasteiger partial charge in [-0.2, -0.15) is 0 Å². The monoisotopic (exact) mass is 264 g/mol. The lowest BCUT2D eigenvalue weighted by atomic mass is 9.60. The smallest absolute Gasteiger partial charge is 0.226 e. The fourth-order valence-corrected chi connectivity index (χ4v) is 3.08. The highest BCUT2D eigenvalue weighted by Crippen LogP contribution is 2.45. The summed E-state index contributed by atoms with van der Waals surface area (Å²) in [6, 6.07) is 0.200. The van der Waals surface area contributed by atoms with Gasteiger partial charge in [0, 0.05) is 25.0 Å². The Hall–Kier alpha value is -1.09. The molecule has 0 aliphatic heterocycles. The number of nitrogens with zero attached hydrogens (tertiary/aromatic N) is 1. The van der Waals surface area contributed by atoms with Crippen molar-refractivity contribution >= 4 is 5.91 Å². The minimum atomic E-state index is -0.0602. The largest absolute Gasteiger partial charge is 0.335 e. The summed E-state index contributed by atoms with van der Waals surface area (Å²) in [6.45, 7) is 15.1. The van der Waals surface area contributed by atoms with Gasteiger partial charge in [0.25, 0.3) is 0 Å². The second-order valence-corrected chi connectivity index (χ2v) is 6.22. The molecule has 1 amide bonds. The van der Waals surface area contributed by atoms with E-state index in [-0.39, 0.29) is 23.3 Å². The Morgan fingerprint density at radius 3 is 2.32 bits per heavy atom. The molecule has 3 heteroatoms. The summed E-state index contributed by atoms with van der Waals surface area (Å²) < 4.78 is 0. The van der Waals surface area contributed by atoms with Gasteiger partial charge in [0.2, 0.25) is 5.91 Å². The molecule has 0 spiro atoms. The van der Waals surface area contributed by atoms with Gasteiger partial charge in [-0.3, -0.25) is 4.79 Å². The zero-order valence-corrected chi connectivity index (χ0v) is 12.6. The van der Waals surface area contributed by atoms with E-state index in [4.69, 9.17) is 5.73 Å². The molecule has 2 N–H and O–H groups in total. The zero-order chi connectivity index (χ0) is 14.6. The van der Waals surface area contributed by atoms with E-state index in [0.717, 1.165) is 12.8 Å². The van der Waals surface area contributed by atoms with Crippen molar-refractivity contribution in [2.24, 2.45) is 23.0 Å². The quantitative estimate of drug-likeness (QED) is 0.776. The van der Waals surface area contributed by atoms with Crippen LogP contribution < -0.4 is 5.73 Å². The summed E-state index contributed by atoms with van der Waals surface area (Å²) in [5.74, 6) is 0.607. The SMILES string of the molecule is C=CCN(CC=C)C(=O)C1CCC(N)C(C)C1(C)C. The van der Waals surface area contributed by atoms with Gasteiger partial charge in [0.15, 0.2) is 0 Å². The average molecular weight is 264 g/mol. The molecule has 1 saturated carbocycles. The number of hydrogen-bond acceptors (Lipinski definition) is 2. The highest BCUT2D eigenvalue weighted by atomic mass is 16.2. The van der Waals surface area contributed by atoms with Crippen LogP contribution in [0.4, 0.5) is 0 Å². The van der Waals surface area contributed by atoms with Gasteiger partial charge < -0.3 is 10.6 Å². The molecular formula is C16H28N2O. The lowest BCUT2D eigenvalue weighted by molar-refractivity contribution is -0.142. The molecule has 108 valence electrons. The first-order valence-electron chi connectivity index (χ1n) is 7.12. The minimum absolute atomic E-state index is 0.0437. The van der Waals surface area contributed by atoms with Gasteiger partial charge in [-0.25, -0.2) is 0 Å². The molecule has 0 aromatic heterocycles. The van der Waals surface area contributed by atoms with Crippen molar-refractivity contribution in [2.75, 3.05) is 13.1 Å². The fourth-order valence-electron chi connectivity index (χ4n) is 3.08. The van der Waals surface area contributed by atoms with Crippen LogP contribution in [0.1, 0.15) is 33.6 Å². The van der Waals surface area contributed by atoms with Crippen molar-refractivity contribution in [3.8, 4) is 0 Å². The van der Waals surface area contributed by atoms with Crippen LogP contribution in [0.25, 0.3) is 0 Å². The van der Waals surface area contributed by atoms with Crippen molar-refractivity contribution in [3.63, 3.8) is 0 Å². The van der Waals surface area contributed by atoms with Gasteiger partial charge in [-0.1, -0.05) is 32.9 Å². The molecule has 3 atom stereocenters. The molecule has 3 nitrogen and oxygen atoms in total. The first-order chi connectivity index (χ1) is 8.86. The van der Waals surface area contributed by atoms with E-state index < -0.39 is 0 Å². The summed E-state index contributed by atoms with van der Waals surface area (Å²) in [7, 11) is 0. The molecule has 0 aromatic rings. The average Bonchev–Trinajstić information content (AvgIpc) is 2.35. The van der Waals surface area contributed by atoms with Gasteiger partial charge >= 0.3 is 0 Å². The van der Waals surface area contributed by atoms with E-state index >= 15 is 0 Å². The van der Waals surface area contributed by atoms with E-state index in [0.29, 0.717) is 19.0 Å². The predicted molar refractivity (Wildman–Crippen MR) is 80.6 cm³/mol. The Labute approximate surface area is 117 Å². The van der Waals surface area contributed by atoms with Crippen LogP contribution >= 0.6 is 0 Å². The number of carbonyl (C=O) groups excluding carboxylic acids is 1. The van der Waals surface area contributed by atoms with Crippen molar-refractivity contribution in [2.45, 2.75) is 39.7 Å². The number of nitrogens with two attached hydrogens (primary N) is 1. The first-order valence-corrected chi connectivity index (χ1v) is 7.12. The maximum atomic E-state index is 12.7. The molecule has 0 heterocycles. The first kappa shape index (κ1) is 16.0. The summed E-state index contributed by atoms with van der Waals surface area (Å²) in [4.78, 5) is 14.6. The van der Waals surface area contributed by atoms with Crippen LogP contribution in [-0.2, 0) is 4.79 Å². The number of rotatable bonds is 5. The molecular weight excluding hydrogens is 236 g/mol. The molecule has 0 radical (unpaired) electrons. The van der Waals surface area contributed by atoms with Crippen LogP contribution in [-0.4, -0.2) is 29.9 Å². The molecule has 1 fully saturated rings. The van der Waals surface area contributed by atoms with Gasteiger partial charge in [-0.05, 0) is 24.2 Å². The number of amides is 1. The standard InChI is InChI=1S/C16H28N2O/c1-6-10-18(11-7-2)15(19)13-8-9-14(17)12(3)16(13,4)5/h6-7,12-14H,1-2,8-11,17H2,3-5H3. The second-order valence-electron chi connectivity index (χ2n) is 6.22. The Morgan fingerprint density at radius 1 is 1.32 bits per heavy atom. The summed E-state index contributed by atoms with van der Waals surface area (Å²) in [6.07, 6.45) is 5.35. The summed E-state index contributed by atoms with van der Waals surface area (Å²) >= 11 is 0. The van der Waals surface area contributed by atoms with Crippen LogP contribution in [0.2, 0.25) is 0 Å². The third kappa shape index (κ3) is 3.27. The van der Waals surface area contributed by atoms with Gasteiger partial charge in [-0.15, -0.1) is 13.2 Å². The van der Waals surface area contributed by atoms with Crippen molar-refractivity contribution < 1.29 is 4.79 Å². The molecule has 0 saturated heterocycles. The topological polar surface area (TPSA) is 46.3 Å². The Balaban J connectivity index is 2.90. The Morgan fingerprint density at radius 2 is 1.84 bits per heavy atom. The van der Waals surface area contributed by atoms with Crippen LogP contribution in [0.15, 0.2) is 25.3 Å². The highest BCUT2D eigenvalue weighted by Gasteiger charge is 2.45. The lowest BCUT2D eigenvalue weighted by Crippen LogP contribution is -2.52. The second kappa shape index (κ2) is 6.38. The van der Waals surface area contributed by atoms with Crippen LogP contribution in [0.3, 0.4) is 0 Å². The maximum Gasteiger partial charge on any atom is 0.226 e. The predicted octanol–water partition coefficient (Wildman–Crippen LogP) is 2.59. The van der Waals surface area contributed by atoms with E-state index in [1.807, 2.05) is 4.90 Å².